The van der Waals surface area contributed by atoms with Gasteiger partial charge >= 0.3 is 0 Å². The van der Waals surface area contributed by atoms with Crippen molar-refractivity contribution in [3.63, 3.8) is 0 Å². The molecule has 0 aliphatic rings. The molecule has 0 fully saturated rings. The fourth-order valence-corrected chi connectivity index (χ4v) is 1.72. The third kappa shape index (κ3) is 3.40. The molecule has 1 aromatic carbocycles. The zero-order valence-electron chi connectivity index (χ0n) is 11.2. The Labute approximate surface area is 108 Å². The Bertz CT molecular complexity index is 485. The lowest BCUT2D eigenvalue weighted by Crippen LogP contribution is -2.24. The first-order valence-electron chi connectivity index (χ1n) is 6.31. The van der Waals surface area contributed by atoms with Crippen molar-refractivity contribution in [1.29, 1.82) is 0 Å². The molecule has 4 heteroatoms. The van der Waals surface area contributed by atoms with Gasteiger partial charge in [0.2, 0.25) is 0 Å². The van der Waals surface area contributed by atoms with E-state index < -0.39 is 0 Å². The van der Waals surface area contributed by atoms with Crippen molar-refractivity contribution in [2.24, 2.45) is 0 Å². The van der Waals surface area contributed by atoms with Crippen molar-refractivity contribution in [3.05, 3.63) is 47.5 Å². The van der Waals surface area contributed by atoms with Gasteiger partial charge < -0.3 is 5.32 Å². The highest BCUT2D eigenvalue weighted by molar-refractivity contribution is 5.21. The van der Waals surface area contributed by atoms with Gasteiger partial charge in [0.25, 0.3) is 0 Å². The summed E-state index contributed by atoms with van der Waals surface area (Å²) in [5, 5.41) is 7.64. The summed E-state index contributed by atoms with van der Waals surface area (Å²) in [6.07, 6.45) is 1.62. The molecule has 2 aromatic rings. The Balaban J connectivity index is 2.05. The molecule has 2 rings (SSSR count). The van der Waals surface area contributed by atoms with Crippen LogP contribution in [0.2, 0.25) is 0 Å². The van der Waals surface area contributed by atoms with Gasteiger partial charge in [0.1, 0.15) is 12.2 Å². The van der Waals surface area contributed by atoms with Gasteiger partial charge in [0, 0.05) is 6.04 Å². The van der Waals surface area contributed by atoms with Gasteiger partial charge in [-0.15, -0.1) is 0 Å². The molecule has 1 aromatic heterocycles. The quantitative estimate of drug-likeness (QED) is 0.876. The van der Waals surface area contributed by atoms with E-state index in [0.717, 1.165) is 18.9 Å². The predicted octanol–water partition coefficient (Wildman–Crippen LogP) is 2.13. The molecule has 96 valence electrons. The topological polar surface area (TPSA) is 42.7 Å². The fourth-order valence-electron chi connectivity index (χ4n) is 1.72. The minimum Gasteiger partial charge on any atom is -0.308 e. The van der Waals surface area contributed by atoms with Crippen molar-refractivity contribution in [1.82, 2.24) is 20.1 Å². The summed E-state index contributed by atoms with van der Waals surface area (Å²) in [5.74, 6) is 0.976. The summed E-state index contributed by atoms with van der Waals surface area (Å²) >= 11 is 0. The molecule has 0 aliphatic carbocycles. The molecule has 0 bridgehead atoms. The molecule has 0 unspecified atom stereocenters. The summed E-state index contributed by atoms with van der Waals surface area (Å²) < 4.78 is 1.94. The van der Waals surface area contributed by atoms with E-state index in [4.69, 9.17) is 0 Å². The lowest BCUT2D eigenvalue weighted by Gasteiger charge is -2.09. The van der Waals surface area contributed by atoms with Crippen LogP contribution >= 0.6 is 0 Å². The predicted molar refractivity (Wildman–Crippen MR) is 72.3 cm³/mol. The zero-order valence-corrected chi connectivity index (χ0v) is 11.2. The number of nitrogens with one attached hydrogen (secondary N) is 1. The van der Waals surface area contributed by atoms with E-state index in [1.807, 2.05) is 4.68 Å². The molecule has 0 saturated heterocycles. The largest absolute Gasteiger partial charge is 0.308 e. The van der Waals surface area contributed by atoms with E-state index in [1.54, 1.807) is 6.33 Å². The van der Waals surface area contributed by atoms with E-state index >= 15 is 0 Å². The van der Waals surface area contributed by atoms with E-state index in [1.165, 1.54) is 11.1 Å². The molecule has 0 saturated carbocycles. The maximum Gasteiger partial charge on any atom is 0.141 e. The van der Waals surface area contributed by atoms with Gasteiger partial charge in [-0.25, -0.2) is 9.67 Å². The van der Waals surface area contributed by atoms with Crippen LogP contribution in [-0.4, -0.2) is 20.8 Å². The van der Waals surface area contributed by atoms with Crippen molar-refractivity contribution < 1.29 is 0 Å². The molecule has 0 amide bonds. The van der Waals surface area contributed by atoms with Crippen LogP contribution in [-0.2, 0) is 13.1 Å². The van der Waals surface area contributed by atoms with Crippen molar-refractivity contribution in [3.8, 4) is 0 Å². The molecule has 0 radical (unpaired) electrons. The maximum atomic E-state index is 4.29. The highest BCUT2D eigenvalue weighted by Crippen LogP contribution is 2.06. The number of hydrogen-bond acceptors (Lipinski definition) is 3. The van der Waals surface area contributed by atoms with Crippen LogP contribution < -0.4 is 5.32 Å². The van der Waals surface area contributed by atoms with Crippen LogP contribution in [0.5, 0.6) is 0 Å². The fraction of sp³-hybridized carbons (Fsp3) is 0.429. The Morgan fingerprint density at radius 3 is 2.61 bits per heavy atom. The Morgan fingerprint density at radius 2 is 1.94 bits per heavy atom. The third-order valence-corrected chi connectivity index (χ3v) is 2.82. The summed E-state index contributed by atoms with van der Waals surface area (Å²) in [6, 6.07) is 8.97. The minimum atomic E-state index is 0.453. The number of benzene rings is 1. The standard InChI is InChI=1S/C14H20N4/c1-11(2)15-8-14-16-10-17-18(14)9-13-6-4-12(3)5-7-13/h4-7,10-11,15H,8-9H2,1-3H3. The average Bonchev–Trinajstić information content (AvgIpc) is 2.77. The lowest BCUT2D eigenvalue weighted by molar-refractivity contribution is 0.539. The maximum absolute atomic E-state index is 4.29. The van der Waals surface area contributed by atoms with Crippen LogP contribution in [0.25, 0.3) is 0 Å². The lowest BCUT2D eigenvalue weighted by atomic mass is 10.1. The Kier molecular flexibility index (Phi) is 4.10. The Morgan fingerprint density at radius 1 is 1.22 bits per heavy atom. The number of rotatable bonds is 5. The molecular formula is C14H20N4. The van der Waals surface area contributed by atoms with Crippen LogP contribution in [0.4, 0.5) is 0 Å². The van der Waals surface area contributed by atoms with Crippen LogP contribution in [0.3, 0.4) is 0 Å². The van der Waals surface area contributed by atoms with Crippen molar-refractivity contribution >= 4 is 0 Å². The normalized spacial score (nSPS) is 11.1. The van der Waals surface area contributed by atoms with Crippen molar-refractivity contribution in [2.75, 3.05) is 0 Å². The number of hydrogen-bond donors (Lipinski definition) is 1. The third-order valence-electron chi connectivity index (χ3n) is 2.82. The van der Waals surface area contributed by atoms with Crippen molar-refractivity contribution in [2.45, 2.75) is 39.9 Å². The SMILES string of the molecule is Cc1ccc(Cn2ncnc2CNC(C)C)cc1. The highest BCUT2D eigenvalue weighted by Gasteiger charge is 2.05. The van der Waals surface area contributed by atoms with Crippen LogP contribution in [0.15, 0.2) is 30.6 Å². The second-order valence-corrected chi connectivity index (χ2v) is 4.86. The summed E-state index contributed by atoms with van der Waals surface area (Å²) in [4.78, 5) is 4.29. The summed E-state index contributed by atoms with van der Waals surface area (Å²) in [7, 11) is 0. The van der Waals surface area contributed by atoms with Gasteiger partial charge in [-0.05, 0) is 12.5 Å². The smallest absolute Gasteiger partial charge is 0.141 e. The molecule has 4 nitrogen and oxygen atoms in total. The van der Waals surface area contributed by atoms with Crippen LogP contribution in [0, 0.1) is 6.92 Å². The number of aromatic nitrogens is 3. The first-order chi connectivity index (χ1) is 8.65. The van der Waals surface area contributed by atoms with Gasteiger partial charge in [0.15, 0.2) is 0 Å². The first kappa shape index (κ1) is 12.8. The van der Waals surface area contributed by atoms with E-state index in [2.05, 4.69) is 60.4 Å². The number of nitrogens with zero attached hydrogens (tertiary/aromatic N) is 3. The molecule has 1 N–H and O–H groups in total. The minimum absolute atomic E-state index is 0.453. The van der Waals surface area contributed by atoms with Gasteiger partial charge in [0.05, 0.1) is 13.1 Å². The second kappa shape index (κ2) is 5.78. The first-order valence-corrected chi connectivity index (χ1v) is 6.31. The monoisotopic (exact) mass is 244 g/mol. The van der Waals surface area contributed by atoms with Gasteiger partial charge in [-0.1, -0.05) is 43.7 Å². The van der Waals surface area contributed by atoms with Gasteiger partial charge in [-0.2, -0.15) is 5.10 Å². The van der Waals surface area contributed by atoms with E-state index in [-0.39, 0.29) is 0 Å². The van der Waals surface area contributed by atoms with E-state index in [0.29, 0.717) is 6.04 Å². The average molecular weight is 244 g/mol. The summed E-state index contributed by atoms with van der Waals surface area (Å²) in [6.45, 7) is 7.87. The highest BCUT2D eigenvalue weighted by atomic mass is 15.3. The van der Waals surface area contributed by atoms with Crippen LogP contribution in [0.1, 0.15) is 30.8 Å². The molecule has 1 heterocycles. The van der Waals surface area contributed by atoms with Gasteiger partial charge in [-0.3, -0.25) is 0 Å². The number of aryl methyl sites for hydroxylation is 1. The second-order valence-electron chi connectivity index (χ2n) is 4.86. The summed E-state index contributed by atoms with van der Waals surface area (Å²) in [5.41, 5.74) is 2.52. The zero-order chi connectivity index (χ0) is 13.0. The molecule has 0 spiro atoms. The molecule has 0 aliphatic heterocycles. The molecular weight excluding hydrogens is 224 g/mol. The Hall–Kier alpha value is -1.68. The van der Waals surface area contributed by atoms with E-state index in [9.17, 15) is 0 Å². The molecule has 18 heavy (non-hydrogen) atoms. The molecule has 0 atom stereocenters.